The summed E-state index contributed by atoms with van der Waals surface area (Å²) in [5.41, 5.74) is 2.25. The molecule has 1 unspecified atom stereocenters. The van der Waals surface area contributed by atoms with E-state index in [2.05, 4.69) is 10.6 Å². The Labute approximate surface area is 100 Å². The summed E-state index contributed by atoms with van der Waals surface area (Å²) in [5, 5.41) is 5.60. The van der Waals surface area contributed by atoms with Gasteiger partial charge in [0.15, 0.2) is 0 Å². The molecule has 5 nitrogen and oxygen atoms in total. The predicted molar refractivity (Wildman–Crippen MR) is 63.0 cm³/mol. The number of benzene rings is 1. The van der Waals surface area contributed by atoms with Gasteiger partial charge in [0, 0.05) is 7.05 Å². The fraction of sp³-hybridized carbons (Fsp3) is 0.417. The molecule has 0 fully saturated rings. The molecule has 5 heteroatoms. The van der Waals surface area contributed by atoms with Crippen LogP contribution >= 0.6 is 0 Å². The Morgan fingerprint density at radius 1 is 1.47 bits per heavy atom. The Balaban J connectivity index is 2.21. The molecule has 0 saturated carbocycles. The number of nitrogens with one attached hydrogen (secondary N) is 2. The van der Waals surface area contributed by atoms with E-state index < -0.39 is 6.09 Å². The lowest BCUT2D eigenvalue weighted by Gasteiger charge is -2.25. The van der Waals surface area contributed by atoms with Gasteiger partial charge >= 0.3 is 6.09 Å². The minimum atomic E-state index is -0.466. The molecule has 0 aromatic heterocycles. The lowest BCUT2D eigenvalue weighted by molar-refractivity contribution is 0.0842. The minimum Gasteiger partial charge on any atom is -0.410 e. The van der Waals surface area contributed by atoms with E-state index >= 15 is 0 Å². The standard InChI is InChI=1S/C12H16N2O3/c1-13-11-7-16-6-8-5-9(3-4-10(8)11)17-12(15)14-2/h3-5,11,13H,6-7H2,1-2H3,(H,14,15). The Bertz CT molecular complexity index is 420. The molecule has 0 radical (unpaired) electrons. The van der Waals surface area contributed by atoms with Crippen LogP contribution in [0, 0.1) is 0 Å². The lowest BCUT2D eigenvalue weighted by atomic mass is 9.99. The molecule has 0 aliphatic carbocycles. The van der Waals surface area contributed by atoms with E-state index in [0.717, 1.165) is 5.56 Å². The SMILES string of the molecule is CNC(=O)Oc1ccc2c(c1)COCC2NC. The summed E-state index contributed by atoms with van der Waals surface area (Å²) in [4.78, 5) is 11.1. The quantitative estimate of drug-likeness (QED) is 0.810. The third kappa shape index (κ3) is 2.57. The highest BCUT2D eigenvalue weighted by Gasteiger charge is 2.19. The van der Waals surface area contributed by atoms with Crippen molar-refractivity contribution in [2.45, 2.75) is 12.6 Å². The maximum Gasteiger partial charge on any atom is 0.412 e. The van der Waals surface area contributed by atoms with Crippen molar-refractivity contribution in [3.05, 3.63) is 29.3 Å². The van der Waals surface area contributed by atoms with E-state index in [1.165, 1.54) is 12.6 Å². The second kappa shape index (κ2) is 5.16. The zero-order valence-electron chi connectivity index (χ0n) is 9.95. The summed E-state index contributed by atoms with van der Waals surface area (Å²) in [6.07, 6.45) is -0.466. The Morgan fingerprint density at radius 2 is 2.29 bits per heavy atom. The molecule has 1 aromatic carbocycles. The number of ether oxygens (including phenoxy) is 2. The average Bonchev–Trinajstić information content (AvgIpc) is 2.37. The molecule has 1 aliphatic rings. The van der Waals surface area contributed by atoms with Crippen LogP contribution in [0.4, 0.5) is 4.79 Å². The van der Waals surface area contributed by atoms with Gasteiger partial charge in [-0.3, -0.25) is 0 Å². The molecular weight excluding hydrogens is 220 g/mol. The van der Waals surface area contributed by atoms with Crippen molar-refractivity contribution in [3.63, 3.8) is 0 Å². The summed E-state index contributed by atoms with van der Waals surface area (Å²) in [7, 11) is 3.43. The van der Waals surface area contributed by atoms with E-state index in [-0.39, 0.29) is 6.04 Å². The fourth-order valence-electron chi connectivity index (χ4n) is 1.88. The van der Waals surface area contributed by atoms with Gasteiger partial charge in [-0.05, 0) is 30.3 Å². The van der Waals surface area contributed by atoms with Crippen molar-refractivity contribution in [2.75, 3.05) is 20.7 Å². The van der Waals surface area contributed by atoms with Gasteiger partial charge in [0.25, 0.3) is 0 Å². The molecule has 0 bridgehead atoms. The van der Waals surface area contributed by atoms with Gasteiger partial charge < -0.3 is 20.1 Å². The van der Waals surface area contributed by atoms with Crippen LogP contribution in [0.15, 0.2) is 18.2 Å². The second-order valence-corrected chi connectivity index (χ2v) is 3.86. The summed E-state index contributed by atoms with van der Waals surface area (Å²) in [6, 6.07) is 5.81. The van der Waals surface area contributed by atoms with Gasteiger partial charge in [0.2, 0.25) is 0 Å². The molecule has 17 heavy (non-hydrogen) atoms. The maximum absolute atomic E-state index is 11.1. The van der Waals surface area contributed by atoms with Crippen molar-refractivity contribution >= 4 is 6.09 Å². The number of hydrogen-bond acceptors (Lipinski definition) is 4. The fourth-order valence-corrected chi connectivity index (χ4v) is 1.88. The third-order valence-corrected chi connectivity index (χ3v) is 2.80. The maximum atomic E-state index is 11.1. The normalized spacial score (nSPS) is 18.4. The van der Waals surface area contributed by atoms with E-state index in [9.17, 15) is 4.79 Å². The van der Waals surface area contributed by atoms with E-state index in [4.69, 9.17) is 9.47 Å². The van der Waals surface area contributed by atoms with Crippen molar-refractivity contribution in [1.82, 2.24) is 10.6 Å². The lowest BCUT2D eigenvalue weighted by Crippen LogP contribution is -2.27. The van der Waals surface area contributed by atoms with Crippen LogP contribution in [0.5, 0.6) is 5.75 Å². The van der Waals surface area contributed by atoms with Gasteiger partial charge in [-0.1, -0.05) is 6.07 Å². The average molecular weight is 236 g/mol. The first-order valence-electron chi connectivity index (χ1n) is 5.52. The van der Waals surface area contributed by atoms with Crippen LogP contribution in [0.1, 0.15) is 17.2 Å². The first-order valence-corrected chi connectivity index (χ1v) is 5.52. The highest BCUT2D eigenvalue weighted by Crippen LogP contribution is 2.27. The predicted octanol–water partition coefficient (Wildman–Crippen LogP) is 1.20. The van der Waals surface area contributed by atoms with E-state index in [1.807, 2.05) is 19.2 Å². The molecule has 92 valence electrons. The number of rotatable bonds is 2. The number of carbonyl (C=O) groups excluding carboxylic acids is 1. The van der Waals surface area contributed by atoms with Gasteiger partial charge in [-0.15, -0.1) is 0 Å². The van der Waals surface area contributed by atoms with Crippen LogP contribution in [-0.2, 0) is 11.3 Å². The van der Waals surface area contributed by atoms with Crippen LogP contribution in [0.3, 0.4) is 0 Å². The van der Waals surface area contributed by atoms with Crippen LogP contribution in [0.25, 0.3) is 0 Å². The number of fused-ring (bicyclic) bond motifs is 1. The smallest absolute Gasteiger partial charge is 0.410 e. The topological polar surface area (TPSA) is 59.6 Å². The molecule has 1 atom stereocenters. The van der Waals surface area contributed by atoms with Crippen LogP contribution in [0.2, 0.25) is 0 Å². The molecular formula is C12H16N2O3. The molecule has 1 aromatic rings. The van der Waals surface area contributed by atoms with Gasteiger partial charge in [0.1, 0.15) is 5.75 Å². The molecule has 2 N–H and O–H groups in total. The molecule has 1 amide bonds. The third-order valence-electron chi connectivity index (χ3n) is 2.80. The first-order chi connectivity index (χ1) is 8.24. The van der Waals surface area contributed by atoms with Gasteiger partial charge in [0.05, 0.1) is 19.3 Å². The van der Waals surface area contributed by atoms with Crippen LogP contribution in [-0.4, -0.2) is 26.8 Å². The molecule has 2 rings (SSSR count). The number of hydrogen-bond donors (Lipinski definition) is 2. The van der Waals surface area contributed by atoms with Crippen molar-refractivity contribution in [2.24, 2.45) is 0 Å². The minimum absolute atomic E-state index is 0.202. The highest BCUT2D eigenvalue weighted by atomic mass is 16.6. The Morgan fingerprint density at radius 3 is 3.00 bits per heavy atom. The summed E-state index contributed by atoms with van der Waals surface area (Å²) in [5.74, 6) is 0.531. The Kier molecular flexibility index (Phi) is 3.61. The molecule has 1 aliphatic heterocycles. The summed E-state index contributed by atoms with van der Waals surface area (Å²) >= 11 is 0. The van der Waals surface area contributed by atoms with E-state index in [1.54, 1.807) is 6.07 Å². The van der Waals surface area contributed by atoms with E-state index in [0.29, 0.717) is 19.0 Å². The molecule has 0 saturated heterocycles. The zero-order valence-corrected chi connectivity index (χ0v) is 9.95. The van der Waals surface area contributed by atoms with Crippen LogP contribution < -0.4 is 15.4 Å². The van der Waals surface area contributed by atoms with Crippen molar-refractivity contribution in [1.29, 1.82) is 0 Å². The number of carbonyl (C=O) groups is 1. The zero-order chi connectivity index (χ0) is 12.3. The molecule has 1 heterocycles. The first kappa shape index (κ1) is 11.9. The number of likely N-dealkylation sites (N-methyl/N-ethyl adjacent to an activating group) is 1. The summed E-state index contributed by atoms with van der Waals surface area (Å²) < 4.78 is 10.5. The Hall–Kier alpha value is -1.59. The largest absolute Gasteiger partial charge is 0.412 e. The van der Waals surface area contributed by atoms with Gasteiger partial charge in [-0.25, -0.2) is 4.79 Å². The summed E-state index contributed by atoms with van der Waals surface area (Å²) in [6.45, 7) is 1.22. The van der Waals surface area contributed by atoms with Crippen molar-refractivity contribution in [3.8, 4) is 5.75 Å². The van der Waals surface area contributed by atoms with Gasteiger partial charge in [-0.2, -0.15) is 0 Å². The monoisotopic (exact) mass is 236 g/mol. The second-order valence-electron chi connectivity index (χ2n) is 3.86. The highest BCUT2D eigenvalue weighted by molar-refractivity contribution is 5.70. The number of amides is 1. The van der Waals surface area contributed by atoms with Crippen molar-refractivity contribution < 1.29 is 14.3 Å². The molecule has 0 spiro atoms.